The van der Waals surface area contributed by atoms with Crippen LogP contribution in [-0.2, 0) is 12.8 Å². The molecule has 3 aromatic rings. The summed E-state index contributed by atoms with van der Waals surface area (Å²) in [5, 5.41) is 0.611. The number of fused-ring (bicyclic) bond motifs is 1. The Labute approximate surface area is 145 Å². The van der Waals surface area contributed by atoms with Gasteiger partial charge in [0.1, 0.15) is 11.3 Å². The molecule has 0 radical (unpaired) electrons. The zero-order chi connectivity index (χ0) is 17.1. The predicted octanol–water partition coefficient (Wildman–Crippen LogP) is 3.26. The maximum absolute atomic E-state index is 12.9. The molecule has 0 unspecified atom stereocenters. The molecular formula is C18H19ClN4O. The van der Waals surface area contributed by atoms with Crippen molar-refractivity contribution >= 4 is 23.2 Å². The van der Waals surface area contributed by atoms with Crippen molar-refractivity contribution in [2.75, 3.05) is 13.6 Å². The molecule has 0 saturated carbocycles. The number of pyridine rings is 2. The quantitative estimate of drug-likeness (QED) is 0.715. The number of carbonyl (C=O) groups is 1. The van der Waals surface area contributed by atoms with Crippen molar-refractivity contribution in [3.05, 3.63) is 64.8 Å². The number of hydrogen-bond acceptors (Lipinski definition) is 3. The first-order valence-electron chi connectivity index (χ1n) is 7.91. The molecule has 0 aromatic carbocycles. The predicted molar refractivity (Wildman–Crippen MR) is 94.5 cm³/mol. The first-order chi connectivity index (χ1) is 11.6. The van der Waals surface area contributed by atoms with Crippen molar-refractivity contribution in [3.63, 3.8) is 0 Å². The molecule has 0 bridgehead atoms. The minimum absolute atomic E-state index is 0.0317. The largest absolute Gasteiger partial charge is 0.340 e. The molecule has 0 aliphatic rings. The molecular weight excluding hydrogens is 324 g/mol. The summed E-state index contributed by atoms with van der Waals surface area (Å²) < 4.78 is 1.82. The maximum Gasteiger partial charge on any atom is 0.272 e. The average molecular weight is 343 g/mol. The van der Waals surface area contributed by atoms with Crippen LogP contribution in [-0.4, -0.2) is 38.8 Å². The van der Waals surface area contributed by atoms with E-state index >= 15 is 0 Å². The van der Waals surface area contributed by atoms with Gasteiger partial charge in [0.25, 0.3) is 5.91 Å². The summed E-state index contributed by atoms with van der Waals surface area (Å²) in [6.45, 7) is 2.63. The van der Waals surface area contributed by atoms with Crippen molar-refractivity contribution in [3.8, 4) is 0 Å². The van der Waals surface area contributed by atoms with Gasteiger partial charge in [-0.15, -0.1) is 0 Å². The zero-order valence-corrected chi connectivity index (χ0v) is 14.5. The summed E-state index contributed by atoms with van der Waals surface area (Å²) in [7, 11) is 1.82. The molecule has 3 rings (SSSR count). The fourth-order valence-electron chi connectivity index (χ4n) is 2.67. The highest BCUT2D eigenvalue weighted by Crippen LogP contribution is 2.19. The molecule has 0 aliphatic heterocycles. The molecule has 0 N–H and O–H groups in total. The van der Waals surface area contributed by atoms with Crippen LogP contribution in [0.2, 0.25) is 5.02 Å². The molecule has 5 nitrogen and oxygen atoms in total. The molecule has 6 heteroatoms. The Kier molecular flexibility index (Phi) is 4.81. The van der Waals surface area contributed by atoms with E-state index in [9.17, 15) is 4.79 Å². The van der Waals surface area contributed by atoms with Crippen molar-refractivity contribution in [1.82, 2.24) is 19.3 Å². The van der Waals surface area contributed by atoms with Gasteiger partial charge in [0.05, 0.1) is 5.69 Å². The molecule has 0 aliphatic carbocycles. The molecule has 1 amide bonds. The number of aryl methyl sites for hydroxylation is 1. The van der Waals surface area contributed by atoms with E-state index in [2.05, 4.69) is 9.97 Å². The summed E-state index contributed by atoms with van der Waals surface area (Å²) in [6.07, 6.45) is 6.81. The number of carbonyl (C=O) groups excluding carboxylic acids is 1. The summed E-state index contributed by atoms with van der Waals surface area (Å²) in [5.74, 6) is -0.0317. The van der Waals surface area contributed by atoms with E-state index in [-0.39, 0.29) is 5.91 Å². The summed E-state index contributed by atoms with van der Waals surface area (Å²) in [4.78, 5) is 23.2. The van der Waals surface area contributed by atoms with E-state index < -0.39 is 0 Å². The fraction of sp³-hybridized carbons (Fsp3) is 0.278. The third-order valence-corrected chi connectivity index (χ3v) is 4.26. The zero-order valence-electron chi connectivity index (χ0n) is 13.7. The van der Waals surface area contributed by atoms with Crippen LogP contribution in [0.3, 0.4) is 0 Å². The molecule has 3 heterocycles. The average Bonchev–Trinajstić information content (AvgIpc) is 2.97. The SMILES string of the molecule is CCc1nc2cc(Cl)ccn2c1C(=O)N(C)CCc1ccncc1. The number of halogens is 1. The lowest BCUT2D eigenvalue weighted by Crippen LogP contribution is -2.30. The first-order valence-corrected chi connectivity index (χ1v) is 8.28. The topological polar surface area (TPSA) is 50.5 Å². The molecule has 0 spiro atoms. The van der Waals surface area contributed by atoms with Gasteiger partial charge < -0.3 is 4.90 Å². The normalized spacial score (nSPS) is 11.0. The second-order valence-corrected chi connectivity index (χ2v) is 6.10. The molecule has 0 saturated heterocycles. The van der Waals surface area contributed by atoms with E-state index in [1.54, 1.807) is 35.6 Å². The van der Waals surface area contributed by atoms with Crippen LogP contribution in [0.15, 0.2) is 42.9 Å². The van der Waals surface area contributed by atoms with Gasteiger partial charge in [0, 0.05) is 43.3 Å². The third kappa shape index (κ3) is 3.26. The van der Waals surface area contributed by atoms with Crippen LogP contribution in [0.25, 0.3) is 5.65 Å². The standard InChI is InChI=1S/C18H19ClN4O/c1-3-15-17(23-11-7-14(19)12-16(23)21-15)18(24)22(2)10-6-13-4-8-20-9-5-13/h4-5,7-9,11-12H,3,6,10H2,1-2H3. The second-order valence-electron chi connectivity index (χ2n) is 5.67. The highest BCUT2D eigenvalue weighted by atomic mass is 35.5. The monoisotopic (exact) mass is 342 g/mol. The molecule has 0 fully saturated rings. The fourth-order valence-corrected chi connectivity index (χ4v) is 2.82. The highest BCUT2D eigenvalue weighted by molar-refractivity contribution is 6.30. The number of hydrogen-bond donors (Lipinski definition) is 0. The molecule has 3 aromatic heterocycles. The van der Waals surface area contributed by atoms with Gasteiger partial charge in [-0.3, -0.25) is 14.2 Å². The van der Waals surface area contributed by atoms with Gasteiger partial charge in [-0.25, -0.2) is 4.98 Å². The Morgan fingerprint density at radius 2 is 2.04 bits per heavy atom. The van der Waals surface area contributed by atoms with Gasteiger partial charge >= 0.3 is 0 Å². The van der Waals surface area contributed by atoms with Crippen LogP contribution in [0.4, 0.5) is 0 Å². The number of aromatic nitrogens is 3. The minimum atomic E-state index is -0.0317. The number of amides is 1. The van der Waals surface area contributed by atoms with Crippen molar-refractivity contribution in [2.45, 2.75) is 19.8 Å². The van der Waals surface area contributed by atoms with Gasteiger partial charge in [0.2, 0.25) is 0 Å². The van der Waals surface area contributed by atoms with E-state index in [0.717, 1.165) is 17.7 Å². The van der Waals surface area contributed by atoms with Crippen molar-refractivity contribution in [1.29, 1.82) is 0 Å². The number of imidazole rings is 1. The van der Waals surface area contributed by atoms with E-state index in [0.29, 0.717) is 29.3 Å². The summed E-state index contributed by atoms with van der Waals surface area (Å²) >= 11 is 6.03. The molecule has 0 atom stereocenters. The summed E-state index contributed by atoms with van der Waals surface area (Å²) in [6, 6.07) is 7.47. The van der Waals surface area contributed by atoms with E-state index in [1.807, 2.05) is 30.5 Å². The highest BCUT2D eigenvalue weighted by Gasteiger charge is 2.21. The molecule has 124 valence electrons. The van der Waals surface area contributed by atoms with Gasteiger partial charge in [0.15, 0.2) is 0 Å². The smallest absolute Gasteiger partial charge is 0.272 e. The lowest BCUT2D eigenvalue weighted by atomic mass is 10.2. The molecule has 24 heavy (non-hydrogen) atoms. The number of nitrogens with zero attached hydrogens (tertiary/aromatic N) is 4. The van der Waals surface area contributed by atoms with Gasteiger partial charge in [-0.2, -0.15) is 0 Å². The number of rotatable bonds is 5. The van der Waals surface area contributed by atoms with Crippen molar-refractivity contribution in [2.24, 2.45) is 0 Å². The Bertz CT molecular complexity index is 860. The van der Waals surface area contributed by atoms with Crippen LogP contribution < -0.4 is 0 Å². The lowest BCUT2D eigenvalue weighted by Gasteiger charge is -2.17. The van der Waals surface area contributed by atoms with E-state index in [1.165, 1.54) is 0 Å². The Balaban J connectivity index is 1.84. The van der Waals surface area contributed by atoms with E-state index in [4.69, 9.17) is 11.6 Å². The van der Waals surface area contributed by atoms with Crippen LogP contribution in [0, 0.1) is 0 Å². The Morgan fingerprint density at radius 3 is 2.75 bits per heavy atom. The Hall–Kier alpha value is -2.40. The van der Waals surface area contributed by atoms with Gasteiger partial charge in [-0.1, -0.05) is 18.5 Å². The third-order valence-electron chi connectivity index (χ3n) is 4.03. The second kappa shape index (κ2) is 7.01. The van der Waals surface area contributed by atoms with Crippen LogP contribution in [0.5, 0.6) is 0 Å². The lowest BCUT2D eigenvalue weighted by molar-refractivity contribution is 0.0788. The van der Waals surface area contributed by atoms with Crippen LogP contribution >= 0.6 is 11.6 Å². The number of likely N-dealkylation sites (N-methyl/N-ethyl adjacent to an activating group) is 1. The maximum atomic E-state index is 12.9. The summed E-state index contributed by atoms with van der Waals surface area (Å²) in [5.41, 5.74) is 3.26. The van der Waals surface area contributed by atoms with Gasteiger partial charge in [-0.05, 0) is 36.6 Å². The van der Waals surface area contributed by atoms with Crippen molar-refractivity contribution < 1.29 is 4.79 Å². The minimum Gasteiger partial charge on any atom is -0.340 e. The van der Waals surface area contributed by atoms with Crippen LogP contribution in [0.1, 0.15) is 28.7 Å². The first kappa shape index (κ1) is 16.5. The Morgan fingerprint density at radius 1 is 1.29 bits per heavy atom.